The Morgan fingerprint density at radius 1 is 0.759 bits per heavy atom. The highest BCUT2D eigenvalue weighted by molar-refractivity contribution is 8.18. The van der Waals surface area contributed by atoms with Crippen LogP contribution >= 0.6 is 11.8 Å². The van der Waals surface area contributed by atoms with Crippen molar-refractivity contribution in [3.05, 3.63) is 169 Å². The van der Waals surface area contributed by atoms with E-state index >= 15 is 0 Å². The second-order valence-corrected chi connectivity index (χ2v) is 15.3. The van der Waals surface area contributed by atoms with Crippen LogP contribution in [0.4, 0.5) is 16.2 Å². The number of nitrogens with one attached hydrogen (secondary N) is 2. The summed E-state index contributed by atoms with van der Waals surface area (Å²) in [6, 6.07) is 31.2. The van der Waals surface area contributed by atoms with Gasteiger partial charge in [-0.3, -0.25) is 44.3 Å². The summed E-state index contributed by atoms with van der Waals surface area (Å²) in [7, 11) is -4.58. The molecule has 0 aromatic heterocycles. The van der Waals surface area contributed by atoms with E-state index < -0.39 is 60.3 Å². The molecule has 5 aromatic rings. The molecule has 1 aliphatic rings. The number of carbonyl (C=O) groups is 4. The van der Waals surface area contributed by atoms with Crippen molar-refractivity contribution in [2.24, 2.45) is 0 Å². The highest BCUT2D eigenvalue weighted by Gasteiger charge is 2.37. The van der Waals surface area contributed by atoms with E-state index in [1.54, 1.807) is 48.5 Å². The lowest BCUT2D eigenvalue weighted by Crippen LogP contribution is -2.52. The lowest BCUT2D eigenvalue weighted by atomic mass is 10.0. The van der Waals surface area contributed by atoms with E-state index in [4.69, 9.17) is 4.74 Å². The SMILES string of the molecule is O=C(CN1C(=O)SC(=Cc2ccc(-c3ccccc3)cc2)C1=O)N[C@@H](Cc1ccc(OCc2ccc([N+](=O)[O-])cc2)cc1)C(=O)NS(=O)(=O)c1ccc([N+](=O)[O-])cc1. The number of rotatable bonds is 15. The van der Waals surface area contributed by atoms with Crippen LogP contribution in [-0.4, -0.2) is 58.7 Å². The molecular formula is C40H31N5O11S2. The maximum Gasteiger partial charge on any atom is 0.294 e. The molecule has 5 aromatic carbocycles. The van der Waals surface area contributed by atoms with Crippen molar-refractivity contribution in [1.29, 1.82) is 0 Å². The first kappa shape index (κ1) is 40.5. The van der Waals surface area contributed by atoms with E-state index in [2.05, 4.69) is 5.32 Å². The molecule has 2 N–H and O–H groups in total. The number of sulfonamides is 1. The van der Waals surface area contributed by atoms with Crippen LogP contribution in [0.5, 0.6) is 5.75 Å². The normalized spacial score (nSPS) is 13.9. The highest BCUT2D eigenvalue weighted by atomic mass is 32.2. The Hall–Kier alpha value is -7.18. The molecule has 1 fully saturated rings. The molecular weight excluding hydrogens is 791 g/mol. The number of carbonyl (C=O) groups excluding carboxylic acids is 4. The first-order valence-electron chi connectivity index (χ1n) is 17.2. The second kappa shape index (κ2) is 17.7. The Balaban J connectivity index is 1.14. The average molecular weight is 822 g/mol. The van der Waals surface area contributed by atoms with Crippen LogP contribution in [0, 0.1) is 20.2 Å². The fourth-order valence-electron chi connectivity index (χ4n) is 5.63. The van der Waals surface area contributed by atoms with E-state index in [0.717, 1.165) is 35.4 Å². The molecule has 1 atom stereocenters. The smallest absolute Gasteiger partial charge is 0.294 e. The van der Waals surface area contributed by atoms with E-state index in [9.17, 15) is 47.8 Å². The minimum atomic E-state index is -4.58. The third-order valence-electron chi connectivity index (χ3n) is 8.65. The van der Waals surface area contributed by atoms with Gasteiger partial charge in [-0.25, -0.2) is 13.1 Å². The number of nitrogens with zero attached hydrogens (tertiary/aromatic N) is 3. The predicted octanol–water partition coefficient (Wildman–Crippen LogP) is 6.02. The van der Waals surface area contributed by atoms with Crippen LogP contribution in [-0.2, 0) is 37.4 Å². The largest absolute Gasteiger partial charge is 0.489 e. The lowest BCUT2D eigenvalue weighted by molar-refractivity contribution is -0.385. The fraction of sp³-hybridized carbons (Fsp3) is 0.100. The zero-order valence-electron chi connectivity index (χ0n) is 30.0. The third kappa shape index (κ3) is 10.2. The summed E-state index contributed by atoms with van der Waals surface area (Å²) in [5, 5.41) is 23.7. The molecule has 1 saturated heterocycles. The molecule has 18 heteroatoms. The van der Waals surface area contributed by atoms with Crippen molar-refractivity contribution in [3.8, 4) is 16.9 Å². The number of thioether (sulfide) groups is 1. The highest BCUT2D eigenvalue weighted by Crippen LogP contribution is 2.32. The molecule has 1 heterocycles. The van der Waals surface area contributed by atoms with Gasteiger partial charge in [-0.15, -0.1) is 0 Å². The zero-order valence-corrected chi connectivity index (χ0v) is 31.7. The van der Waals surface area contributed by atoms with Crippen LogP contribution < -0.4 is 14.8 Å². The van der Waals surface area contributed by atoms with Gasteiger partial charge in [0.05, 0.1) is 19.6 Å². The van der Waals surface area contributed by atoms with Gasteiger partial charge in [-0.2, -0.15) is 0 Å². The average Bonchev–Trinajstić information content (AvgIpc) is 3.47. The minimum absolute atomic E-state index is 0.0699. The standard InChI is InChI=1S/C40H31N5O11S2/c46-37(24-43-39(48)36(57-40(43)49)23-27-6-12-30(13-7-27)29-4-2-1-3-5-29)41-35(38(47)42-58(54,55)34-20-16-32(17-21-34)45(52)53)22-26-10-18-33(19-11-26)56-25-28-8-14-31(15-9-28)44(50)51/h1-21,23,35H,22,24-25H2,(H,41,46)(H,42,47)/t35-/m0/s1. The van der Waals surface area contributed by atoms with Crippen molar-refractivity contribution >= 4 is 62.2 Å². The molecule has 0 saturated carbocycles. The quantitative estimate of drug-likeness (QED) is 0.0703. The van der Waals surface area contributed by atoms with E-state index in [-0.39, 0.29) is 29.3 Å². The van der Waals surface area contributed by atoms with Crippen LogP contribution in [0.25, 0.3) is 17.2 Å². The van der Waals surface area contributed by atoms with Gasteiger partial charge in [0, 0.05) is 30.7 Å². The van der Waals surface area contributed by atoms with Crippen molar-refractivity contribution < 1.29 is 42.2 Å². The third-order valence-corrected chi connectivity index (χ3v) is 10.9. The van der Waals surface area contributed by atoms with Gasteiger partial charge < -0.3 is 10.1 Å². The molecule has 294 valence electrons. The van der Waals surface area contributed by atoms with Crippen LogP contribution in [0.2, 0.25) is 0 Å². The monoisotopic (exact) mass is 821 g/mol. The minimum Gasteiger partial charge on any atom is -0.489 e. The summed E-state index contributed by atoms with van der Waals surface area (Å²) in [5.41, 5.74) is 3.26. The Kier molecular flexibility index (Phi) is 12.4. The van der Waals surface area contributed by atoms with Crippen molar-refractivity contribution in [3.63, 3.8) is 0 Å². The van der Waals surface area contributed by atoms with Crippen LogP contribution in [0.15, 0.2) is 137 Å². The number of nitro benzene ring substituents is 2. The number of hydrogen-bond donors (Lipinski definition) is 2. The second-order valence-electron chi connectivity index (χ2n) is 12.7. The number of benzene rings is 5. The summed E-state index contributed by atoms with van der Waals surface area (Å²) in [4.78, 5) is 74.2. The fourth-order valence-corrected chi connectivity index (χ4v) is 7.49. The number of hydrogen-bond acceptors (Lipinski definition) is 12. The molecule has 58 heavy (non-hydrogen) atoms. The van der Waals surface area contributed by atoms with E-state index in [1.807, 2.05) is 47.2 Å². The lowest BCUT2D eigenvalue weighted by Gasteiger charge is -2.20. The van der Waals surface area contributed by atoms with Gasteiger partial charge in [0.1, 0.15) is 24.9 Å². The first-order valence-corrected chi connectivity index (χ1v) is 19.5. The van der Waals surface area contributed by atoms with Crippen molar-refractivity contribution in [2.45, 2.75) is 24.0 Å². The van der Waals surface area contributed by atoms with E-state index in [0.29, 0.717) is 39.1 Å². The topological polar surface area (TPSA) is 225 Å². The molecule has 4 amide bonds. The van der Waals surface area contributed by atoms with Gasteiger partial charge in [0.2, 0.25) is 5.91 Å². The molecule has 0 radical (unpaired) electrons. The number of imide groups is 1. The van der Waals surface area contributed by atoms with E-state index in [1.165, 1.54) is 18.2 Å². The summed E-state index contributed by atoms with van der Waals surface area (Å²) in [5.74, 6) is -2.44. The predicted molar refractivity (Wildman–Crippen MR) is 212 cm³/mol. The van der Waals surface area contributed by atoms with Crippen LogP contribution in [0.3, 0.4) is 0 Å². The van der Waals surface area contributed by atoms with Gasteiger partial charge in [0.25, 0.3) is 38.5 Å². The molecule has 16 nitrogen and oxygen atoms in total. The molecule has 1 aliphatic heterocycles. The number of non-ortho nitro benzene ring substituents is 2. The molecule has 0 bridgehead atoms. The van der Waals surface area contributed by atoms with Gasteiger partial charge >= 0.3 is 0 Å². The van der Waals surface area contributed by atoms with Crippen molar-refractivity contribution in [1.82, 2.24) is 14.9 Å². The Bertz CT molecular complexity index is 2510. The maximum absolute atomic E-state index is 13.5. The summed E-state index contributed by atoms with van der Waals surface area (Å²) >= 11 is 0.640. The molecule has 6 rings (SSSR count). The Labute approximate surface area is 334 Å². The summed E-state index contributed by atoms with van der Waals surface area (Å²) in [6.07, 6.45) is 1.27. The maximum atomic E-state index is 13.5. The van der Waals surface area contributed by atoms with Gasteiger partial charge in [-0.1, -0.05) is 66.7 Å². The number of amides is 4. The van der Waals surface area contributed by atoms with Crippen molar-refractivity contribution in [2.75, 3.05) is 6.54 Å². The van der Waals surface area contributed by atoms with Gasteiger partial charge in [-0.05, 0) is 82.1 Å². The summed E-state index contributed by atoms with van der Waals surface area (Å²) < 4.78 is 33.9. The Morgan fingerprint density at radius 2 is 1.33 bits per heavy atom. The van der Waals surface area contributed by atoms with Crippen LogP contribution in [0.1, 0.15) is 16.7 Å². The number of nitro groups is 2. The van der Waals surface area contributed by atoms with Gasteiger partial charge in [0.15, 0.2) is 0 Å². The number of ether oxygens (including phenoxy) is 1. The first-order chi connectivity index (χ1) is 27.8. The molecule has 0 unspecified atom stereocenters. The Morgan fingerprint density at radius 3 is 1.93 bits per heavy atom. The molecule has 0 aliphatic carbocycles. The summed E-state index contributed by atoms with van der Waals surface area (Å²) in [6.45, 7) is -0.689. The molecule has 0 spiro atoms. The zero-order chi connectivity index (χ0) is 41.4.